The van der Waals surface area contributed by atoms with Crippen LogP contribution in [0.4, 0.5) is 4.39 Å². The van der Waals surface area contributed by atoms with Crippen LogP contribution in [0, 0.1) is 5.82 Å². The molecule has 3 rings (SSSR count). The van der Waals surface area contributed by atoms with Gasteiger partial charge in [-0.05, 0) is 56.0 Å². The summed E-state index contributed by atoms with van der Waals surface area (Å²) in [4.78, 5) is 6.24. The molecule has 1 aliphatic carbocycles. The molecule has 0 aliphatic heterocycles. The van der Waals surface area contributed by atoms with Crippen LogP contribution in [-0.2, 0) is 12.8 Å². The maximum atomic E-state index is 13.6. The molecule has 2 aromatic rings. The van der Waals surface area contributed by atoms with Gasteiger partial charge in [-0.15, -0.1) is 11.3 Å². The van der Waals surface area contributed by atoms with Crippen LogP contribution in [0.3, 0.4) is 0 Å². The summed E-state index contributed by atoms with van der Waals surface area (Å²) in [5.41, 5.74) is 2.17. The van der Waals surface area contributed by atoms with Crippen molar-refractivity contribution in [1.82, 2.24) is 10.3 Å². The average molecular weight is 369 g/mol. The lowest BCUT2D eigenvalue weighted by atomic mass is 10.0. The number of hydrogen-bond donors (Lipinski definition) is 1. The third-order valence-electron chi connectivity index (χ3n) is 3.79. The molecule has 0 bridgehead atoms. The van der Waals surface area contributed by atoms with Gasteiger partial charge in [0.25, 0.3) is 0 Å². The number of halogens is 2. The van der Waals surface area contributed by atoms with E-state index < -0.39 is 0 Å². The highest BCUT2D eigenvalue weighted by atomic mass is 79.9. The molecule has 1 aromatic carbocycles. The number of hydrogen-bond acceptors (Lipinski definition) is 3. The van der Waals surface area contributed by atoms with Crippen LogP contribution in [0.1, 0.15) is 46.9 Å². The lowest BCUT2D eigenvalue weighted by molar-refractivity contribution is 0.597. The van der Waals surface area contributed by atoms with Gasteiger partial charge < -0.3 is 5.32 Å². The van der Waals surface area contributed by atoms with E-state index in [2.05, 4.69) is 28.2 Å². The number of nitrogens with zero attached hydrogens (tertiary/aromatic N) is 1. The number of aryl methyl sites for hydroxylation is 2. The molecule has 1 atom stereocenters. The Bertz CT molecular complexity index is 618. The minimum Gasteiger partial charge on any atom is -0.305 e. The van der Waals surface area contributed by atoms with Crippen molar-refractivity contribution in [3.8, 4) is 0 Å². The number of nitrogens with one attached hydrogen (secondary N) is 1. The molecule has 0 saturated heterocycles. The van der Waals surface area contributed by atoms with Crippen LogP contribution < -0.4 is 5.32 Å². The van der Waals surface area contributed by atoms with Crippen molar-refractivity contribution in [3.05, 3.63) is 49.6 Å². The monoisotopic (exact) mass is 368 g/mol. The molecule has 21 heavy (non-hydrogen) atoms. The summed E-state index contributed by atoms with van der Waals surface area (Å²) in [5.74, 6) is -0.211. The second-order valence-corrected chi connectivity index (χ2v) is 7.26. The number of rotatable bonds is 4. The molecular weight excluding hydrogens is 351 g/mol. The molecule has 0 fully saturated rings. The van der Waals surface area contributed by atoms with E-state index in [0.717, 1.165) is 34.4 Å². The van der Waals surface area contributed by atoms with Crippen LogP contribution in [-0.4, -0.2) is 11.5 Å². The van der Waals surface area contributed by atoms with Crippen LogP contribution in [0.15, 0.2) is 22.7 Å². The average Bonchev–Trinajstić information content (AvgIpc) is 2.91. The fraction of sp³-hybridized carbons (Fsp3) is 0.438. The molecule has 5 heteroatoms. The van der Waals surface area contributed by atoms with Gasteiger partial charge in [0, 0.05) is 9.35 Å². The Kier molecular flexibility index (Phi) is 4.72. The molecule has 1 unspecified atom stereocenters. The SMILES string of the molecule is CCNC(c1nc2c(s1)CCCC2)c1cc(F)ccc1Br. The predicted molar refractivity (Wildman–Crippen MR) is 88.4 cm³/mol. The third kappa shape index (κ3) is 3.20. The van der Waals surface area contributed by atoms with Crippen LogP contribution in [0.2, 0.25) is 0 Å². The molecule has 112 valence electrons. The minimum atomic E-state index is -0.211. The lowest BCUT2D eigenvalue weighted by Crippen LogP contribution is -2.22. The minimum absolute atomic E-state index is 0.0457. The Hall–Kier alpha value is -0.780. The fourth-order valence-electron chi connectivity index (χ4n) is 2.77. The van der Waals surface area contributed by atoms with Gasteiger partial charge in [-0.1, -0.05) is 22.9 Å². The Balaban J connectivity index is 2.01. The normalized spacial score (nSPS) is 15.8. The molecule has 1 aromatic heterocycles. The van der Waals surface area contributed by atoms with E-state index in [0.29, 0.717) is 0 Å². The molecule has 1 N–H and O–H groups in total. The van der Waals surface area contributed by atoms with Gasteiger partial charge in [-0.3, -0.25) is 0 Å². The first-order chi connectivity index (χ1) is 10.2. The summed E-state index contributed by atoms with van der Waals surface area (Å²) in [7, 11) is 0. The van der Waals surface area contributed by atoms with Crippen molar-refractivity contribution >= 4 is 27.3 Å². The number of aromatic nitrogens is 1. The summed E-state index contributed by atoms with van der Waals surface area (Å²) >= 11 is 5.32. The van der Waals surface area contributed by atoms with Gasteiger partial charge in [0.05, 0.1) is 11.7 Å². The van der Waals surface area contributed by atoms with E-state index in [1.54, 1.807) is 23.5 Å². The first-order valence-corrected chi connectivity index (χ1v) is 8.96. The van der Waals surface area contributed by atoms with Gasteiger partial charge >= 0.3 is 0 Å². The molecule has 0 amide bonds. The van der Waals surface area contributed by atoms with E-state index in [-0.39, 0.29) is 11.9 Å². The molecule has 0 radical (unpaired) electrons. The Morgan fingerprint density at radius 3 is 2.95 bits per heavy atom. The lowest BCUT2D eigenvalue weighted by Gasteiger charge is -2.17. The number of thiazole rings is 1. The Morgan fingerprint density at radius 1 is 1.38 bits per heavy atom. The van der Waals surface area contributed by atoms with Crippen LogP contribution in [0.5, 0.6) is 0 Å². The highest BCUT2D eigenvalue weighted by Crippen LogP contribution is 2.35. The largest absolute Gasteiger partial charge is 0.305 e. The number of benzene rings is 1. The van der Waals surface area contributed by atoms with Gasteiger partial charge in [-0.25, -0.2) is 9.37 Å². The van der Waals surface area contributed by atoms with Gasteiger partial charge in [0.1, 0.15) is 10.8 Å². The summed E-state index contributed by atoms with van der Waals surface area (Å²) in [6.45, 7) is 2.88. The van der Waals surface area contributed by atoms with Crippen LogP contribution >= 0.6 is 27.3 Å². The van der Waals surface area contributed by atoms with Crippen molar-refractivity contribution in [2.75, 3.05) is 6.54 Å². The highest BCUT2D eigenvalue weighted by molar-refractivity contribution is 9.10. The Labute approximate surface area is 136 Å². The zero-order chi connectivity index (χ0) is 14.8. The smallest absolute Gasteiger partial charge is 0.123 e. The van der Waals surface area contributed by atoms with Gasteiger partial charge in [0.15, 0.2) is 0 Å². The van der Waals surface area contributed by atoms with E-state index in [1.165, 1.54) is 29.5 Å². The highest BCUT2D eigenvalue weighted by Gasteiger charge is 2.23. The molecule has 2 nitrogen and oxygen atoms in total. The van der Waals surface area contributed by atoms with Gasteiger partial charge in [0.2, 0.25) is 0 Å². The van der Waals surface area contributed by atoms with E-state index in [4.69, 9.17) is 4.98 Å². The molecular formula is C16H18BrFN2S. The quantitative estimate of drug-likeness (QED) is 0.851. The summed E-state index contributed by atoms with van der Waals surface area (Å²) in [6.07, 6.45) is 4.70. The Morgan fingerprint density at radius 2 is 2.19 bits per heavy atom. The van der Waals surface area contributed by atoms with Crippen molar-refractivity contribution in [1.29, 1.82) is 0 Å². The first kappa shape index (κ1) is 15.1. The van der Waals surface area contributed by atoms with Gasteiger partial charge in [-0.2, -0.15) is 0 Å². The first-order valence-electron chi connectivity index (χ1n) is 7.36. The molecule has 1 heterocycles. The van der Waals surface area contributed by atoms with E-state index in [9.17, 15) is 4.39 Å². The van der Waals surface area contributed by atoms with E-state index >= 15 is 0 Å². The van der Waals surface area contributed by atoms with Crippen molar-refractivity contribution < 1.29 is 4.39 Å². The van der Waals surface area contributed by atoms with Crippen molar-refractivity contribution in [2.24, 2.45) is 0 Å². The third-order valence-corrected chi connectivity index (χ3v) is 5.73. The van der Waals surface area contributed by atoms with Crippen molar-refractivity contribution in [3.63, 3.8) is 0 Å². The zero-order valence-electron chi connectivity index (χ0n) is 12.0. The maximum absolute atomic E-state index is 13.6. The summed E-state index contributed by atoms with van der Waals surface area (Å²) < 4.78 is 14.5. The molecule has 0 spiro atoms. The summed E-state index contributed by atoms with van der Waals surface area (Å²) in [6, 6.07) is 4.79. The second-order valence-electron chi connectivity index (χ2n) is 5.29. The molecule has 0 saturated carbocycles. The number of fused-ring (bicyclic) bond motifs is 1. The predicted octanol–water partition coefficient (Wildman–Crippen LogP) is 4.62. The standard InChI is InChI=1S/C16H18BrFN2S/c1-2-19-15(11-9-10(18)7-8-12(11)17)16-20-13-5-3-4-6-14(13)21-16/h7-9,15,19H,2-6H2,1H3. The maximum Gasteiger partial charge on any atom is 0.123 e. The topological polar surface area (TPSA) is 24.9 Å². The van der Waals surface area contributed by atoms with Crippen LogP contribution in [0.25, 0.3) is 0 Å². The summed E-state index contributed by atoms with van der Waals surface area (Å²) in [5, 5.41) is 4.49. The van der Waals surface area contributed by atoms with Crippen molar-refractivity contribution in [2.45, 2.75) is 38.6 Å². The second kappa shape index (κ2) is 6.55. The zero-order valence-corrected chi connectivity index (χ0v) is 14.4. The fourth-order valence-corrected chi connectivity index (χ4v) is 4.49. The molecule has 1 aliphatic rings. The van der Waals surface area contributed by atoms with E-state index in [1.807, 2.05) is 0 Å².